The quantitative estimate of drug-likeness (QED) is 0.715. The van der Waals surface area contributed by atoms with E-state index in [4.69, 9.17) is 11.6 Å². The van der Waals surface area contributed by atoms with Crippen LogP contribution in [-0.4, -0.2) is 22.2 Å². The van der Waals surface area contributed by atoms with Crippen molar-refractivity contribution in [2.24, 2.45) is 0 Å². The molecule has 1 unspecified atom stereocenters. The van der Waals surface area contributed by atoms with E-state index < -0.39 is 5.60 Å². The summed E-state index contributed by atoms with van der Waals surface area (Å²) in [5.74, 6) is 0. The van der Waals surface area contributed by atoms with Gasteiger partial charge in [-0.3, -0.25) is 0 Å². The van der Waals surface area contributed by atoms with E-state index >= 15 is 0 Å². The Hall–Kier alpha value is -0.640. The largest absolute Gasteiger partial charge is 0.389 e. The second-order valence-electron chi connectivity index (χ2n) is 5.24. The van der Waals surface area contributed by atoms with Crippen LogP contribution in [0.4, 0.5) is 0 Å². The molecular weight excluding hydrogens is 260 g/mol. The normalized spacial score (nSPS) is 13.5. The lowest BCUT2D eigenvalue weighted by atomic mass is 9.92. The van der Waals surface area contributed by atoms with Gasteiger partial charge in [0.05, 0.1) is 5.60 Å². The Labute approximate surface area is 121 Å². The highest BCUT2D eigenvalue weighted by atomic mass is 35.5. The Kier molecular flexibility index (Phi) is 6.76. The van der Waals surface area contributed by atoms with Gasteiger partial charge in [0.1, 0.15) is 5.15 Å². The highest BCUT2D eigenvalue weighted by Gasteiger charge is 2.25. The number of hydrogen-bond donors (Lipinski definition) is 2. The van der Waals surface area contributed by atoms with Crippen LogP contribution in [0, 0.1) is 0 Å². The van der Waals surface area contributed by atoms with E-state index in [-0.39, 0.29) is 6.04 Å². The Morgan fingerprint density at radius 1 is 1.37 bits per heavy atom. The van der Waals surface area contributed by atoms with Gasteiger partial charge in [0.15, 0.2) is 0 Å². The second kappa shape index (κ2) is 7.83. The average Bonchev–Trinajstić information content (AvgIpc) is 2.37. The highest BCUT2D eigenvalue weighted by Crippen LogP contribution is 2.21. The van der Waals surface area contributed by atoms with Crippen LogP contribution in [0.2, 0.25) is 5.15 Å². The third kappa shape index (κ3) is 5.47. The number of nitrogens with zero attached hydrogens (tertiary/aromatic N) is 1. The Balaban J connectivity index is 2.58. The Morgan fingerprint density at radius 3 is 2.53 bits per heavy atom. The van der Waals surface area contributed by atoms with Gasteiger partial charge < -0.3 is 10.4 Å². The summed E-state index contributed by atoms with van der Waals surface area (Å²) in [7, 11) is 0. The molecule has 2 N–H and O–H groups in total. The molecule has 108 valence electrons. The van der Waals surface area contributed by atoms with Crippen LogP contribution < -0.4 is 5.32 Å². The Morgan fingerprint density at radius 2 is 2.00 bits per heavy atom. The third-order valence-corrected chi connectivity index (χ3v) is 3.63. The zero-order valence-electron chi connectivity index (χ0n) is 12.1. The summed E-state index contributed by atoms with van der Waals surface area (Å²) in [5, 5.41) is 14.5. The van der Waals surface area contributed by atoms with Gasteiger partial charge in [-0.25, -0.2) is 4.98 Å². The van der Waals surface area contributed by atoms with Gasteiger partial charge in [-0.2, -0.15) is 0 Å². The molecule has 0 saturated carbocycles. The summed E-state index contributed by atoms with van der Waals surface area (Å²) in [6.07, 6.45) is 5.36. The molecule has 0 bridgehead atoms. The molecule has 0 fully saturated rings. The van der Waals surface area contributed by atoms with Gasteiger partial charge in [0, 0.05) is 18.8 Å². The van der Waals surface area contributed by atoms with E-state index in [1.807, 2.05) is 12.1 Å². The molecule has 0 aliphatic rings. The number of aliphatic hydroxyl groups is 1. The second-order valence-corrected chi connectivity index (χ2v) is 5.63. The van der Waals surface area contributed by atoms with Crippen LogP contribution in [-0.2, 0) is 0 Å². The minimum absolute atomic E-state index is 0.153. The molecule has 0 amide bonds. The van der Waals surface area contributed by atoms with Crippen molar-refractivity contribution >= 4 is 11.6 Å². The fourth-order valence-corrected chi connectivity index (χ4v) is 2.56. The minimum Gasteiger partial charge on any atom is -0.389 e. The molecule has 19 heavy (non-hydrogen) atoms. The van der Waals surface area contributed by atoms with Crippen LogP contribution in [0.5, 0.6) is 0 Å². The van der Waals surface area contributed by atoms with E-state index in [9.17, 15) is 5.11 Å². The first-order chi connectivity index (χ1) is 9.00. The van der Waals surface area contributed by atoms with Crippen molar-refractivity contribution in [1.82, 2.24) is 10.3 Å². The zero-order chi connectivity index (χ0) is 14.3. The van der Waals surface area contributed by atoms with Crippen molar-refractivity contribution in [3.8, 4) is 0 Å². The summed E-state index contributed by atoms with van der Waals surface area (Å²) in [5.41, 5.74) is 0.490. The first-order valence-corrected chi connectivity index (χ1v) is 7.45. The highest BCUT2D eigenvalue weighted by molar-refractivity contribution is 6.29. The van der Waals surface area contributed by atoms with Crippen molar-refractivity contribution in [1.29, 1.82) is 0 Å². The minimum atomic E-state index is -0.603. The van der Waals surface area contributed by atoms with Gasteiger partial charge in [-0.1, -0.05) is 38.3 Å². The molecule has 0 spiro atoms. The number of pyridine rings is 1. The summed E-state index contributed by atoms with van der Waals surface area (Å²) in [4.78, 5) is 3.98. The van der Waals surface area contributed by atoms with Crippen LogP contribution in [0.15, 0.2) is 18.3 Å². The first kappa shape index (κ1) is 16.4. The Bertz CT molecular complexity index is 378. The standard InChI is InChI=1S/C15H25ClN2O/c1-4-7-15(19,8-5-2)11-18-12(3)13-6-9-17-14(16)10-13/h6,9-10,12,18-19H,4-5,7-8,11H2,1-3H3. The molecule has 1 atom stereocenters. The maximum atomic E-state index is 10.6. The molecule has 0 aliphatic carbocycles. The van der Waals surface area contributed by atoms with Crippen molar-refractivity contribution in [2.45, 2.75) is 58.1 Å². The molecular formula is C15H25ClN2O. The molecule has 0 saturated heterocycles. The summed E-state index contributed by atoms with van der Waals surface area (Å²) in [6.45, 7) is 6.89. The monoisotopic (exact) mass is 284 g/mol. The van der Waals surface area contributed by atoms with Crippen molar-refractivity contribution in [2.75, 3.05) is 6.54 Å². The maximum Gasteiger partial charge on any atom is 0.129 e. The lowest BCUT2D eigenvalue weighted by molar-refractivity contribution is 0.0196. The van der Waals surface area contributed by atoms with E-state index in [1.54, 1.807) is 6.20 Å². The van der Waals surface area contributed by atoms with Crippen LogP contribution in [0.3, 0.4) is 0 Å². The zero-order valence-corrected chi connectivity index (χ0v) is 12.9. The first-order valence-electron chi connectivity index (χ1n) is 7.08. The number of nitrogens with one attached hydrogen (secondary N) is 1. The van der Waals surface area contributed by atoms with Crippen LogP contribution in [0.25, 0.3) is 0 Å². The van der Waals surface area contributed by atoms with E-state index in [0.29, 0.717) is 11.7 Å². The van der Waals surface area contributed by atoms with E-state index in [0.717, 1.165) is 31.2 Å². The third-order valence-electron chi connectivity index (χ3n) is 3.42. The number of rotatable bonds is 8. The number of halogens is 1. The fraction of sp³-hybridized carbons (Fsp3) is 0.667. The van der Waals surface area contributed by atoms with Crippen LogP contribution in [0.1, 0.15) is 58.1 Å². The van der Waals surface area contributed by atoms with Crippen molar-refractivity contribution in [3.63, 3.8) is 0 Å². The van der Waals surface area contributed by atoms with Crippen molar-refractivity contribution in [3.05, 3.63) is 29.0 Å². The molecule has 4 heteroatoms. The molecule has 1 heterocycles. The van der Waals surface area contributed by atoms with Gasteiger partial charge in [-0.05, 0) is 37.5 Å². The number of hydrogen-bond acceptors (Lipinski definition) is 3. The van der Waals surface area contributed by atoms with Gasteiger partial charge >= 0.3 is 0 Å². The lowest BCUT2D eigenvalue weighted by Crippen LogP contribution is -2.41. The maximum absolute atomic E-state index is 10.6. The smallest absolute Gasteiger partial charge is 0.129 e. The summed E-state index contributed by atoms with van der Waals surface area (Å²) >= 11 is 5.89. The topological polar surface area (TPSA) is 45.1 Å². The molecule has 3 nitrogen and oxygen atoms in total. The SMILES string of the molecule is CCCC(O)(CCC)CNC(C)c1ccnc(Cl)c1. The van der Waals surface area contributed by atoms with Crippen molar-refractivity contribution < 1.29 is 5.11 Å². The van der Waals surface area contributed by atoms with Gasteiger partial charge in [0.2, 0.25) is 0 Å². The molecule has 0 aliphatic heterocycles. The molecule has 1 aromatic rings. The molecule has 1 aromatic heterocycles. The molecule has 0 radical (unpaired) electrons. The van der Waals surface area contributed by atoms with E-state index in [1.165, 1.54) is 0 Å². The van der Waals surface area contributed by atoms with Gasteiger partial charge in [0.25, 0.3) is 0 Å². The van der Waals surface area contributed by atoms with Gasteiger partial charge in [-0.15, -0.1) is 0 Å². The predicted molar refractivity (Wildman–Crippen MR) is 80.4 cm³/mol. The van der Waals surface area contributed by atoms with E-state index in [2.05, 4.69) is 31.1 Å². The summed E-state index contributed by atoms with van der Waals surface area (Å²) < 4.78 is 0. The fourth-order valence-electron chi connectivity index (χ4n) is 2.38. The summed E-state index contributed by atoms with van der Waals surface area (Å²) in [6, 6.07) is 3.96. The molecule has 0 aromatic carbocycles. The number of aromatic nitrogens is 1. The average molecular weight is 285 g/mol. The lowest BCUT2D eigenvalue weighted by Gasteiger charge is -2.29. The predicted octanol–water partition coefficient (Wildman–Crippen LogP) is 3.72. The molecule has 1 rings (SSSR count). The van der Waals surface area contributed by atoms with Crippen LogP contribution >= 0.6 is 11.6 Å².